The second kappa shape index (κ2) is 20.7. The molecule has 11 unspecified atom stereocenters. The summed E-state index contributed by atoms with van der Waals surface area (Å²) >= 11 is 7.56. The average Bonchev–Trinajstić information content (AvgIpc) is 4.14. The number of hydrogen-bond donors (Lipinski definition) is 0. The summed E-state index contributed by atoms with van der Waals surface area (Å²) in [4.78, 5) is 40.3. The van der Waals surface area contributed by atoms with E-state index in [2.05, 4.69) is 136 Å². The van der Waals surface area contributed by atoms with E-state index in [9.17, 15) is 9.59 Å². The number of Topliss-reactive ketones (excluding diaryl/α,β-unsaturated/α-hetero) is 2. The molecule has 0 bridgehead atoms. The first kappa shape index (κ1) is 49.1. The van der Waals surface area contributed by atoms with Crippen LogP contribution in [-0.2, 0) is 20.4 Å². The Morgan fingerprint density at radius 2 is 1.11 bits per heavy atom. The van der Waals surface area contributed by atoms with E-state index in [0.717, 1.165) is 32.1 Å². The first-order valence-electron chi connectivity index (χ1n) is 25.9. The molecular weight excluding hydrogens is 869 g/mol. The molecule has 2 nitrogen and oxygen atoms in total. The van der Waals surface area contributed by atoms with Crippen LogP contribution in [0.1, 0.15) is 193 Å². The molecule has 6 heteroatoms. The zero-order valence-corrected chi connectivity index (χ0v) is 44.6. The van der Waals surface area contributed by atoms with Gasteiger partial charge < -0.3 is 0 Å². The topological polar surface area (TPSA) is 34.1 Å². The Hall–Kier alpha value is -2.38. The van der Waals surface area contributed by atoms with Crippen molar-refractivity contribution in [3.63, 3.8) is 0 Å². The van der Waals surface area contributed by atoms with Crippen LogP contribution in [0.3, 0.4) is 0 Å². The van der Waals surface area contributed by atoms with Crippen LogP contribution in [0, 0.1) is 59.2 Å². The number of allylic oxidation sites excluding steroid dienone is 1. The molecule has 0 aromatic carbocycles. The third-order valence-corrected chi connectivity index (χ3v) is 22.3. The standard InChI is InChI=1S/C59H80O2S4/c1-11-14-16-17-28-58(8,9)54-26-21-39(63-54)19-18-38-20-22-52(62-38)53-24-23-50(64-53)48-34-44-40(30-36(4)5)43-33-47-45(41(31-37(6)7)42(43)32-46(44)56(48)60)35-49(57(47)61)51-25-27-55(65-51)59(10,13-3)29-15-12-2/h13,18-27,36-37,40-49H,3,11-12,14-17,28-35H2,1-2,4-10H3/b19-18+. The first-order valence-corrected chi connectivity index (χ1v) is 29.2. The Bertz CT molecular complexity index is 2270. The highest BCUT2D eigenvalue weighted by Crippen LogP contribution is 2.64. The number of fused-ring (bicyclic) bond motifs is 3. The molecule has 4 saturated carbocycles. The summed E-state index contributed by atoms with van der Waals surface area (Å²) in [5.41, 5.74) is 0.187. The Morgan fingerprint density at radius 1 is 0.585 bits per heavy atom. The van der Waals surface area contributed by atoms with Crippen LogP contribution in [0.4, 0.5) is 0 Å². The Kier molecular flexibility index (Phi) is 15.6. The fourth-order valence-corrected chi connectivity index (χ4v) is 18.0. The smallest absolute Gasteiger partial charge is 0.144 e. The molecule has 0 spiro atoms. The molecule has 0 N–H and O–H groups in total. The number of carbonyl (C=O) groups excluding carboxylic acids is 2. The lowest BCUT2D eigenvalue weighted by atomic mass is 9.50. The van der Waals surface area contributed by atoms with E-state index in [0.29, 0.717) is 58.9 Å². The normalized spacial score (nSPS) is 28.9. The fraction of sp³-hybridized carbons (Fsp3) is 0.627. The van der Waals surface area contributed by atoms with Crippen molar-refractivity contribution in [3.05, 3.63) is 90.4 Å². The van der Waals surface area contributed by atoms with Crippen LogP contribution in [0.2, 0.25) is 0 Å². The van der Waals surface area contributed by atoms with Gasteiger partial charge in [-0.25, -0.2) is 0 Å². The molecule has 11 atom stereocenters. The molecule has 0 radical (unpaired) electrons. The van der Waals surface area contributed by atoms with E-state index < -0.39 is 0 Å². The van der Waals surface area contributed by atoms with E-state index in [4.69, 9.17) is 0 Å². The summed E-state index contributed by atoms with van der Waals surface area (Å²) in [7, 11) is 0. The maximum absolute atomic E-state index is 14.9. The molecule has 8 rings (SSSR count). The van der Waals surface area contributed by atoms with Gasteiger partial charge in [-0.3, -0.25) is 9.59 Å². The number of hydrogen-bond acceptors (Lipinski definition) is 6. The van der Waals surface area contributed by atoms with Gasteiger partial charge in [0.05, 0.1) is 11.8 Å². The summed E-state index contributed by atoms with van der Waals surface area (Å²) in [6.45, 7) is 25.5. The predicted octanol–water partition coefficient (Wildman–Crippen LogP) is 18.3. The third kappa shape index (κ3) is 10.3. The lowest BCUT2D eigenvalue weighted by molar-refractivity contribution is -0.133. The molecule has 4 aromatic heterocycles. The molecule has 4 aliphatic rings. The van der Waals surface area contributed by atoms with E-state index in [1.807, 2.05) is 45.3 Å². The third-order valence-electron chi connectivity index (χ3n) is 17.0. The SMILES string of the molecule is C=CC(C)(CCCC)c1ccc(C2CC3C(CC4C(CC(C)C)C5CC(c6ccc(-c7ccc(/C=C/c8ccc(C(C)(C)CCCCCC)s8)s7)s6)C(=O)C5CC4C3CC(C)C)C2=O)s1. The van der Waals surface area contributed by atoms with Crippen LogP contribution >= 0.6 is 45.3 Å². The Morgan fingerprint density at radius 3 is 1.69 bits per heavy atom. The minimum Gasteiger partial charge on any atom is -0.299 e. The van der Waals surface area contributed by atoms with Gasteiger partial charge in [0.2, 0.25) is 0 Å². The molecule has 4 fully saturated rings. The number of carbonyl (C=O) groups is 2. The van der Waals surface area contributed by atoms with Crippen molar-refractivity contribution >= 4 is 69.1 Å². The van der Waals surface area contributed by atoms with Crippen LogP contribution in [0.5, 0.6) is 0 Å². The number of thiophene rings is 4. The van der Waals surface area contributed by atoms with Crippen molar-refractivity contribution in [2.45, 2.75) is 175 Å². The summed E-state index contributed by atoms with van der Waals surface area (Å²) in [5, 5.41) is 0. The van der Waals surface area contributed by atoms with Crippen LogP contribution in [-0.4, -0.2) is 11.6 Å². The Balaban J connectivity index is 0.978. The molecule has 65 heavy (non-hydrogen) atoms. The van der Waals surface area contributed by atoms with E-state index in [-0.39, 0.29) is 34.5 Å². The lowest BCUT2D eigenvalue weighted by Gasteiger charge is -2.54. The molecule has 4 aliphatic carbocycles. The molecule has 0 amide bonds. The van der Waals surface area contributed by atoms with Gasteiger partial charge in [0.1, 0.15) is 11.6 Å². The highest BCUT2D eigenvalue weighted by atomic mass is 32.1. The summed E-state index contributed by atoms with van der Waals surface area (Å²) in [5.74, 6) is 5.49. The first-order chi connectivity index (χ1) is 31.1. The van der Waals surface area contributed by atoms with Gasteiger partial charge in [0.15, 0.2) is 0 Å². The molecule has 4 aromatic rings. The Labute approximate surface area is 410 Å². The van der Waals surface area contributed by atoms with Gasteiger partial charge in [-0.1, -0.05) is 107 Å². The quantitative estimate of drug-likeness (QED) is 0.0653. The van der Waals surface area contributed by atoms with Crippen molar-refractivity contribution < 1.29 is 9.59 Å². The zero-order chi connectivity index (χ0) is 46.2. The van der Waals surface area contributed by atoms with Crippen molar-refractivity contribution in [1.29, 1.82) is 0 Å². The van der Waals surface area contributed by atoms with E-state index in [1.165, 1.54) is 96.8 Å². The van der Waals surface area contributed by atoms with Crippen molar-refractivity contribution in [2.24, 2.45) is 59.2 Å². The highest BCUT2D eigenvalue weighted by molar-refractivity contribution is 7.22. The van der Waals surface area contributed by atoms with Crippen molar-refractivity contribution in [1.82, 2.24) is 0 Å². The minimum atomic E-state index is -0.0371. The zero-order valence-electron chi connectivity index (χ0n) is 41.3. The average molecular weight is 950 g/mol. The highest BCUT2D eigenvalue weighted by Gasteiger charge is 2.61. The van der Waals surface area contributed by atoms with Crippen LogP contribution in [0.15, 0.2) is 61.2 Å². The van der Waals surface area contributed by atoms with Crippen molar-refractivity contribution in [3.8, 4) is 9.75 Å². The predicted molar refractivity (Wildman–Crippen MR) is 285 cm³/mol. The molecule has 352 valence electrons. The molecule has 0 aliphatic heterocycles. The molecular formula is C59H80O2S4. The summed E-state index contributed by atoms with van der Waals surface area (Å²) in [6, 6.07) is 18.4. The van der Waals surface area contributed by atoms with Gasteiger partial charge in [-0.2, -0.15) is 0 Å². The number of ketones is 2. The summed E-state index contributed by atoms with van der Waals surface area (Å²) < 4.78 is 0. The molecule has 0 saturated heterocycles. The van der Waals surface area contributed by atoms with Crippen molar-refractivity contribution in [2.75, 3.05) is 0 Å². The fourth-order valence-electron chi connectivity index (χ4n) is 13.5. The van der Waals surface area contributed by atoms with Gasteiger partial charge in [-0.15, -0.1) is 51.9 Å². The van der Waals surface area contributed by atoms with Gasteiger partial charge >= 0.3 is 0 Å². The second-order valence-electron chi connectivity index (χ2n) is 22.9. The maximum atomic E-state index is 14.9. The lowest BCUT2D eigenvalue weighted by Crippen LogP contribution is -2.50. The number of rotatable bonds is 20. The minimum absolute atomic E-state index is 0.00229. The van der Waals surface area contributed by atoms with Gasteiger partial charge in [0.25, 0.3) is 0 Å². The summed E-state index contributed by atoms with van der Waals surface area (Å²) in [6.07, 6.45) is 23.1. The largest absolute Gasteiger partial charge is 0.299 e. The van der Waals surface area contributed by atoms with Crippen LogP contribution < -0.4 is 0 Å². The number of unbranched alkanes of at least 4 members (excludes halogenated alkanes) is 4. The van der Waals surface area contributed by atoms with E-state index in [1.54, 1.807) is 0 Å². The van der Waals surface area contributed by atoms with Crippen LogP contribution in [0.25, 0.3) is 21.9 Å². The second-order valence-corrected chi connectivity index (χ2v) is 27.3. The molecule has 4 heterocycles. The van der Waals surface area contributed by atoms with Gasteiger partial charge in [-0.05, 0) is 165 Å². The monoisotopic (exact) mass is 949 g/mol. The van der Waals surface area contributed by atoms with E-state index >= 15 is 0 Å². The maximum Gasteiger partial charge on any atom is 0.144 e. The van der Waals surface area contributed by atoms with Gasteiger partial charge in [0, 0.05) is 56.3 Å².